The van der Waals surface area contributed by atoms with Crippen LogP contribution in [0.25, 0.3) is 102 Å². The van der Waals surface area contributed by atoms with Gasteiger partial charge in [0, 0.05) is 43.1 Å². The van der Waals surface area contributed by atoms with Crippen LogP contribution in [0.15, 0.2) is 164 Å². The molecule has 8 aromatic rings. The van der Waals surface area contributed by atoms with Crippen molar-refractivity contribution in [3.63, 3.8) is 0 Å². The van der Waals surface area contributed by atoms with Crippen molar-refractivity contribution in [3.8, 4) is 0 Å². The van der Waals surface area contributed by atoms with Crippen LogP contribution in [-0.2, 0) is 0 Å². The van der Waals surface area contributed by atoms with Crippen LogP contribution in [0.1, 0.15) is 42.7 Å². The predicted octanol–water partition coefficient (Wildman–Crippen LogP) is 13.5. The van der Waals surface area contributed by atoms with Crippen molar-refractivity contribution in [1.29, 1.82) is 0 Å². The fraction of sp³-hybridized carbons (Fsp3) is 0.0588. The van der Waals surface area contributed by atoms with Crippen LogP contribution in [0.5, 0.6) is 0 Å². The summed E-state index contributed by atoms with van der Waals surface area (Å²) in [6, 6.07) is 21.1. The summed E-state index contributed by atoms with van der Waals surface area (Å²) in [4.78, 5) is 0. The molecule has 0 aliphatic heterocycles. The highest BCUT2D eigenvalue weighted by molar-refractivity contribution is 6.19. The highest BCUT2D eigenvalue weighted by Crippen LogP contribution is 2.41. The molecule has 1 aliphatic rings. The standard InChI is InChI=1S/C51H38O4/c1-5-8-10-16-20-45-37(19-13-9-6-2)38(32(4)52-45)25-33(7-3)35-21-23-46-39(26-35)41-28-50-43(30-48(41)53-46)44-31-49-42(29-51(44)55-50)40-27-36(22-24-47(40)54-49)34-17-14-11-12-15-18-34/h5-14,16-31H,1,4,15H2,2-3H3/b9-6+,10-8-,19-13+,20-16-,33-7+,38-25+. The van der Waals surface area contributed by atoms with Crippen LogP contribution < -0.4 is 10.6 Å². The van der Waals surface area contributed by atoms with E-state index in [0.29, 0.717) is 5.42 Å². The van der Waals surface area contributed by atoms with E-state index in [2.05, 4.69) is 116 Å². The van der Waals surface area contributed by atoms with Crippen LogP contribution in [0, 0.1) is 0 Å². The number of fused-ring (bicyclic) bond motifs is 9. The molecule has 0 radical (unpaired) electrons. The first kappa shape index (κ1) is 33.8. The summed E-state index contributed by atoms with van der Waals surface area (Å²) in [5.41, 5.74) is 10.9. The molecule has 4 aromatic carbocycles. The summed E-state index contributed by atoms with van der Waals surface area (Å²) in [5.74, 6) is 0.737. The van der Waals surface area contributed by atoms with Crippen molar-refractivity contribution >= 4 is 102 Å². The van der Waals surface area contributed by atoms with Crippen molar-refractivity contribution < 1.29 is 17.7 Å². The molecule has 1 aliphatic carbocycles. The third-order valence-corrected chi connectivity index (χ3v) is 10.2. The van der Waals surface area contributed by atoms with E-state index in [4.69, 9.17) is 17.7 Å². The molecule has 0 bridgehead atoms. The average Bonchev–Trinajstić information content (AvgIpc) is 3.86. The van der Waals surface area contributed by atoms with Gasteiger partial charge in [-0.25, -0.2) is 0 Å². The molecule has 0 fully saturated rings. The Morgan fingerprint density at radius 2 is 1.27 bits per heavy atom. The van der Waals surface area contributed by atoms with E-state index < -0.39 is 0 Å². The normalized spacial score (nSPS) is 14.7. The van der Waals surface area contributed by atoms with Gasteiger partial charge in [-0.05, 0) is 103 Å². The Morgan fingerprint density at radius 1 is 0.636 bits per heavy atom. The zero-order valence-electron chi connectivity index (χ0n) is 30.8. The van der Waals surface area contributed by atoms with Gasteiger partial charge in [-0.3, -0.25) is 0 Å². The van der Waals surface area contributed by atoms with Crippen LogP contribution in [0.2, 0.25) is 0 Å². The monoisotopic (exact) mass is 714 g/mol. The summed E-state index contributed by atoms with van der Waals surface area (Å²) in [6.45, 7) is 12.0. The lowest BCUT2D eigenvalue weighted by Crippen LogP contribution is -2.20. The minimum absolute atomic E-state index is 0.598. The second-order valence-electron chi connectivity index (χ2n) is 13.6. The van der Waals surface area contributed by atoms with Crippen molar-refractivity contribution in [2.24, 2.45) is 0 Å². The molecule has 4 nitrogen and oxygen atoms in total. The zero-order valence-corrected chi connectivity index (χ0v) is 30.8. The number of rotatable bonds is 8. The molecule has 0 amide bonds. The van der Waals surface area contributed by atoms with E-state index in [1.54, 1.807) is 6.08 Å². The predicted molar refractivity (Wildman–Crippen MR) is 233 cm³/mol. The maximum Gasteiger partial charge on any atom is 0.136 e. The number of allylic oxidation sites excluding steroid dienone is 15. The van der Waals surface area contributed by atoms with Gasteiger partial charge in [-0.1, -0.05) is 110 Å². The number of hydrogen-bond donors (Lipinski definition) is 0. The fourth-order valence-electron chi connectivity index (χ4n) is 7.48. The summed E-state index contributed by atoms with van der Waals surface area (Å²) in [6.07, 6.45) is 33.4. The molecule has 0 saturated heterocycles. The lowest BCUT2D eigenvalue weighted by atomic mass is 10.00. The average molecular weight is 715 g/mol. The summed E-state index contributed by atoms with van der Waals surface area (Å²) in [7, 11) is 0. The van der Waals surface area contributed by atoms with Crippen LogP contribution in [0.3, 0.4) is 0 Å². The zero-order chi connectivity index (χ0) is 37.5. The van der Waals surface area contributed by atoms with Crippen LogP contribution in [0.4, 0.5) is 0 Å². The first-order chi connectivity index (χ1) is 27.0. The molecule has 55 heavy (non-hydrogen) atoms. The number of benzene rings is 4. The van der Waals surface area contributed by atoms with E-state index in [1.165, 1.54) is 5.57 Å². The maximum atomic E-state index is 6.58. The van der Waals surface area contributed by atoms with Gasteiger partial charge in [0.2, 0.25) is 0 Å². The smallest absolute Gasteiger partial charge is 0.136 e. The summed E-state index contributed by atoms with van der Waals surface area (Å²) < 4.78 is 25.6. The Hall–Kier alpha value is -7.04. The Morgan fingerprint density at radius 3 is 1.95 bits per heavy atom. The third-order valence-electron chi connectivity index (χ3n) is 10.2. The van der Waals surface area contributed by atoms with Gasteiger partial charge in [-0.2, -0.15) is 0 Å². The molecule has 9 rings (SSSR count). The lowest BCUT2D eigenvalue weighted by molar-refractivity contribution is 0.523. The quantitative estimate of drug-likeness (QED) is 0.147. The molecule has 0 N–H and O–H groups in total. The number of hydrogen-bond acceptors (Lipinski definition) is 4. The second kappa shape index (κ2) is 14.1. The highest BCUT2D eigenvalue weighted by Gasteiger charge is 2.18. The minimum Gasteiger partial charge on any atom is -0.457 e. The lowest BCUT2D eigenvalue weighted by Gasteiger charge is -2.03. The topological polar surface area (TPSA) is 52.6 Å². The molecule has 4 aromatic heterocycles. The molecule has 4 heteroatoms. The van der Waals surface area contributed by atoms with Gasteiger partial charge >= 0.3 is 0 Å². The Balaban J connectivity index is 1.13. The van der Waals surface area contributed by atoms with E-state index in [9.17, 15) is 0 Å². The maximum absolute atomic E-state index is 6.58. The molecule has 4 heterocycles. The SMILES string of the molecule is C=C/C=C\C=C/c1oc(=C)/c(=C\C(=C/C)c2ccc3oc4cc5c(cc4c3c2)oc2cc3c(cc25)oc2ccc(C4=CCC=CC=C4)cc23)c1/C=C/C=C/C. The largest absolute Gasteiger partial charge is 0.457 e. The van der Waals surface area contributed by atoms with Gasteiger partial charge in [0.15, 0.2) is 0 Å². The Labute approximate surface area is 318 Å². The van der Waals surface area contributed by atoms with Crippen molar-refractivity contribution in [2.45, 2.75) is 20.3 Å². The van der Waals surface area contributed by atoms with Gasteiger partial charge in [0.05, 0.1) is 0 Å². The van der Waals surface area contributed by atoms with Gasteiger partial charge in [-0.15, -0.1) is 0 Å². The van der Waals surface area contributed by atoms with Crippen LogP contribution in [-0.4, -0.2) is 0 Å². The van der Waals surface area contributed by atoms with Gasteiger partial charge in [0.25, 0.3) is 0 Å². The summed E-state index contributed by atoms with van der Waals surface area (Å²) >= 11 is 0. The first-order valence-corrected chi connectivity index (χ1v) is 18.5. The second-order valence-corrected chi connectivity index (χ2v) is 13.6. The number of furan rings is 4. The third kappa shape index (κ3) is 6.08. The fourth-order valence-corrected chi connectivity index (χ4v) is 7.48. The highest BCUT2D eigenvalue weighted by atomic mass is 16.3. The van der Waals surface area contributed by atoms with Gasteiger partial charge in [0.1, 0.15) is 44.7 Å². The summed E-state index contributed by atoms with van der Waals surface area (Å²) in [5, 5.41) is 7.01. The molecule has 0 spiro atoms. The van der Waals surface area contributed by atoms with E-state index in [0.717, 1.165) is 105 Å². The molecule has 266 valence electrons. The molecule has 0 unspecified atom stereocenters. The van der Waals surface area contributed by atoms with E-state index in [1.807, 2.05) is 62.4 Å². The van der Waals surface area contributed by atoms with Crippen molar-refractivity contribution in [1.82, 2.24) is 0 Å². The van der Waals surface area contributed by atoms with Crippen molar-refractivity contribution in [2.75, 3.05) is 0 Å². The van der Waals surface area contributed by atoms with E-state index in [-0.39, 0.29) is 0 Å². The Kier molecular flexibility index (Phi) is 8.64. The van der Waals surface area contributed by atoms with Crippen LogP contribution >= 0.6 is 0 Å². The molecule has 0 saturated carbocycles. The van der Waals surface area contributed by atoms with Crippen molar-refractivity contribution in [3.05, 3.63) is 179 Å². The Bertz CT molecular complexity index is 3220. The molecular weight excluding hydrogens is 677 g/mol. The van der Waals surface area contributed by atoms with E-state index >= 15 is 0 Å². The molecule has 0 atom stereocenters. The minimum atomic E-state index is 0.598. The van der Waals surface area contributed by atoms with Gasteiger partial charge < -0.3 is 17.7 Å². The first-order valence-electron chi connectivity index (χ1n) is 18.5. The molecular formula is C51H38O4.